The molecule has 1 aliphatic carbocycles. The quantitative estimate of drug-likeness (QED) is 0.819. The molecule has 1 atom stereocenters. The van der Waals surface area contributed by atoms with E-state index in [0.717, 1.165) is 17.9 Å². The molecule has 138 valence electrons. The maximum atomic E-state index is 11.3. The molecule has 3 rings (SSSR count). The van der Waals surface area contributed by atoms with E-state index >= 15 is 0 Å². The lowest BCUT2D eigenvalue weighted by atomic mass is 10.1. The Hall–Kier alpha value is -2.70. The van der Waals surface area contributed by atoms with E-state index in [1.807, 2.05) is 19.9 Å². The van der Waals surface area contributed by atoms with Crippen molar-refractivity contribution in [1.29, 1.82) is 0 Å². The van der Waals surface area contributed by atoms with Gasteiger partial charge in [-0.2, -0.15) is 0 Å². The summed E-state index contributed by atoms with van der Waals surface area (Å²) in [6.45, 7) is 10.3. The van der Waals surface area contributed by atoms with Gasteiger partial charge in [0.25, 0.3) is 0 Å². The largest absolute Gasteiger partial charge is 0.490 e. The first kappa shape index (κ1) is 18.1. The zero-order valence-corrected chi connectivity index (χ0v) is 15.9. The molecule has 1 amide bonds. The number of nitrogens with zero attached hydrogens (tertiary/aromatic N) is 3. The maximum Gasteiger partial charge on any atom is 0.222 e. The average Bonchev–Trinajstić information content (AvgIpc) is 3.18. The molecule has 7 nitrogen and oxygen atoms in total. The van der Waals surface area contributed by atoms with Crippen molar-refractivity contribution in [3.63, 3.8) is 0 Å². The van der Waals surface area contributed by atoms with E-state index in [1.54, 1.807) is 12.3 Å². The van der Waals surface area contributed by atoms with Crippen molar-refractivity contribution in [3.05, 3.63) is 29.8 Å². The molecule has 2 aromatic heterocycles. The van der Waals surface area contributed by atoms with E-state index < -0.39 is 0 Å². The van der Waals surface area contributed by atoms with Gasteiger partial charge in [0.1, 0.15) is 17.5 Å². The van der Waals surface area contributed by atoms with Crippen LogP contribution < -0.4 is 15.4 Å². The van der Waals surface area contributed by atoms with Gasteiger partial charge in [-0.05, 0) is 25.7 Å². The Kier molecular flexibility index (Phi) is 4.80. The SMILES string of the molecule is CCOc1cnc(NC(C)=O)cc1Nc1cc(C)nc(C2CC2(C)C)n1. The van der Waals surface area contributed by atoms with Crippen molar-refractivity contribution in [2.75, 3.05) is 17.2 Å². The number of amides is 1. The standard InChI is InChI=1S/C19H25N5O2/c1-6-26-15-10-20-16(22-12(3)25)8-14(15)23-17-7-11(2)21-18(24-17)13-9-19(13,4)5/h7-8,10,13H,6,9H2,1-5H3,(H2,20,21,22,23,24,25). The summed E-state index contributed by atoms with van der Waals surface area (Å²) in [7, 11) is 0. The second kappa shape index (κ2) is 6.90. The zero-order chi connectivity index (χ0) is 18.9. The predicted molar refractivity (Wildman–Crippen MR) is 101 cm³/mol. The van der Waals surface area contributed by atoms with E-state index in [9.17, 15) is 4.79 Å². The molecule has 2 aromatic rings. The van der Waals surface area contributed by atoms with Crippen LogP contribution in [0.3, 0.4) is 0 Å². The topological polar surface area (TPSA) is 89.0 Å². The van der Waals surface area contributed by atoms with Gasteiger partial charge in [0, 0.05) is 30.7 Å². The van der Waals surface area contributed by atoms with Crippen LogP contribution in [-0.4, -0.2) is 27.5 Å². The number of ether oxygens (including phenoxy) is 1. The first-order chi connectivity index (χ1) is 12.3. The van der Waals surface area contributed by atoms with Crippen LogP contribution in [-0.2, 0) is 4.79 Å². The number of pyridine rings is 1. The summed E-state index contributed by atoms with van der Waals surface area (Å²) in [5.41, 5.74) is 1.87. The third-order valence-corrected chi connectivity index (χ3v) is 4.43. The van der Waals surface area contributed by atoms with Gasteiger partial charge in [-0.25, -0.2) is 15.0 Å². The summed E-state index contributed by atoms with van der Waals surface area (Å²) in [4.78, 5) is 24.8. The van der Waals surface area contributed by atoms with E-state index in [0.29, 0.717) is 35.6 Å². The van der Waals surface area contributed by atoms with Crippen LogP contribution >= 0.6 is 0 Å². The third kappa shape index (κ3) is 4.09. The Labute approximate surface area is 153 Å². The molecule has 1 saturated carbocycles. The highest BCUT2D eigenvalue weighted by Gasteiger charge is 2.48. The number of rotatable bonds is 6. The Morgan fingerprint density at radius 3 is 2.65 bits per heavy atom. The smallest absolute Gasteiger partial charge is 0.222 e. The lowest BCUT2D eigenvalue weighted by molar-refractivity contribution is -0.114. The molecule has 0 aliphatic heterocycles. The summed E-state index contributed by atoms with van der Waals surface area (Å²) in [6.07, 6.45) is 2.69. The average molecular weight is 355 g/mol. The van der Waals surface area contributed by atoms with Crippen LogP contribution in [0.1, 0.15) is 51.6 Å². The molecule has 1 unspecified atom stereocenters. The van der Waals surface area contributed by atoms with Crippen molar-refractivity contribution in [2.24, 2.45) is 5.41 Å². The fourth-order valence-electron chi connectivity index (χ4n) is 2.92. The maximum absolute atomic E-state index is 11.3. The lowest BCUT2D eigenvalue weighted by Gasteiger charge is -2.14. The van der Waals surface area contributed by atoms with Crippen LogP contribution in [0, 0.1) is 12.3 Å². The van der Waals surface area contributed by atoms with Crippen molar-refractivity contribution < 1.29 is 9.53 Å². The van der Waals surface area contributed by atoms with Gasteiger partial charge < -0.3 is 15.4 Å². The van der Waals surface area contributed by atoms with Crippen LogP contribution in [0.4, 0.5) is 17.3 Å². The molecule has 1 fully saturated rings. The number of hydrogen-bond acceptors (Lipinski definition) is 6. The van der Waals surface area contributed by atoms with Gasteiger partial charge in [0.2, 0.25) is 5.91 Å². The van der Waals surface area contributed by atoms with Gasteiger partial charge >= 0.3 is 0 Å². The number of aromatic nitrogens is 3. The summed E-state index contributed by atoms with van der Waals surface area (Å²) < 4.78 is 5.64. The molecule has 0 radical (unpaired) electrons. The minimum Gasteiger partial charge on any atom is -0.490 e. The Morgan fingerprint density at radius 2 is 2.04 bits per heavy atom. The molecular formula is C19H25N5O2. The van der Waals surface area contributed by atoms with E-state index in [4.69, 9.17) is 9.72 Å². The van der Waals surface area contributed by atoms with Gasteiger partial charge in [-0.3, -0.25) is 4.79 Å². The molecule has 0 saturated heterocycles. The summed E-state index contributed by atoms with van der Waals surface area (Å²) in [5, 5.41) is 5.98. The highest BCUT2D eigenvalue weighted by Crippen LogP contribution is 2.57. The lowest BCUT2D eigenvalue weighted by Crippen LogP contribution is -2.09. The van der Waals surface area contributed by atoms with Crippen molar-refractivity contribution in [1.82, 2.24) is 15.0 Å². The molecule has 2 heterocycles. The van der Waals surface area contributed by atoms with E-state index in [2.05, 4.69) is 34.4 Å². The zero-order valence-electron chi connectivity index (χ0n) is 15.9. The fraction of sp³-hybridized carbons (Fsp3) is 0.474. The molecule has 0 bridgehead atoms. The molecule has 0 spiro atoms. The highest BCUT2D eigenvalue weighted by molar-refractivity contribution is 5.88. The van der Waals surface area contributed by atoms with Crippen LogP contribution in [0.5, 0.6) is 5.75 Å². The van der Waals surface area contributed by atoms with E-state index in [1.165, 1.54) is 6.92 Å². The highest BCUT2D eigenvalue weighted by atomic mass is 16.5. The second-order valence-electron chi connectivity index (χ2n) is 7.30. The molecule has 26 heavy (non-hydrogen) atoms. The van der Waals surface area contributed by atoms with Gasteiger partial charge in [-0.1, -0.05) is 13.8 Å². The first-order valence-electron chi connectivity index (χ1n) is 8.81. The number of nitrogens with one attached hydrogen (secondary N) is 2. The second-order valence-corrected chi connectivity index (χ2v) is 7.30. The molecule has 1 aliphatic rings. The number of hydrogen-bond donors (Lipinski definition) is 2. The number of carbonyl (C=O) groups is 1. The minimum absolute atomic E-state index is 0.177. The summed E-state index contributed by atoms with van der Waals surface area (Å²) in [6, 6.07) is 3.64. The van der Waals surface area contributed by atoms with Crippen LogP contribution in [0.25, 0.3) is 0 Å². The van der Waals surface area contributed by atoms with Crippen molar-refractivity contribution >= 4 is 23.2 Å². The van der Waals surface area contributed by atoms with Gasteiger partial charge in [0.05, 0.1) is 18.5 Å². The molecule has 7 heteroatoms. The first-order valence-corrected chi connectivity index (χ1v) is 8.81. The number of aryl methyl sites for hydroxylation is 1. The summed E-state index contributed by atoms with van der Waals surface area (Å²) >= 11 is 0. The Balaban J connectivity index is 1.90. The number of anilines is 3. The fourth-order valence-corrected chi connectivity index (χ4v) is 2.92. The molecular weight excluding hydrogens is 330 g/mol. The molecule has 2 N–H and O–H groups in total. The van der Waals surface area contributed by atoms with E-state index in [-0.39, 0.29) is 11.3 Å². The summed E-state index contributed by atoms with van der Waals surface area (Å²) in [5.74, 6) is 2.84. The predicted octanol–water partition coefficient (Wildman–Crippen LogP) is 3.79. The van der Waals surface area contributed by atoms with Crippen molar-refractivity contribution in [2.45, 2.75) is 47.0 Å². The normalized spacial score (nSPS) is 17.5. The van der Waals surface area contributed by atoms with Crippen molar-refractivity contribution in [3.8, 4) is 5.75 Å². The van der Waals surface area contributed by atoms with Gasteiger partial charge in [0.15, 0.2) is 5.75 Å². The minimum atomic E-state index is -0.177. The van der Waals surface area contributed by atoms with Crippen LogP contribution in [0.2, 0.25) is 0 Å². The Bertz CT molecular complexity index is 835. The van der Waals surface area contributed by atoms with Gasteiger partial charge in [-0.15, -0.1) is 0 Å². The van der Waals surface area contributed by atoms with Crippen LogP contribution in [0.15, 0.2) is 18.3 Å². The third-order valence-electron chi connectivity index (χ3n) is 4.43. The molecule has 0 aromatic carbocycles. The number of carbonyl (C=O) groups excluding carboxylic acids is 1. The Morgan fingerprint density at radius 1 is 1.31 bits per heavy atom. The monoisotopic (exact) mass is 355 g/mol.